The molecule has 2 aromatic rings. The van der Waals surface area contributed by atoms with E-state index in [1.807, 2.05) is 30.3 Å². The van der Waals surface area contributed by atoms with Crippen molar-refractivity contribution >= 4 is 46.6 Å². The molecule has 1 amide bonds. The third-order valence-electron chi connectivity index (χ3n) is 3.15. The number of halogens is 2. The molecule has 0 saturated heterocycles. The summed E-state index contributed by atoms with van der Waals surface area (Å²) in [5.41, 5.74) is 1.84. The molecule has 0 unspecified atom stereocenters. The van der Waals surface area contributed by atoms with Gasteiger partial charge in [-0.1, -0.05) is 41.4 Å². The molecule has 0 aliphatic carbocycles. The minimum absolute atomic E-state index is 0.0970. The SMILES string of the molecule is O=C1CSc2ccccc2N1Cc1ccc(Cl)cc1Cl. The molecule has 0 fully saturated rings. The number of amides is 1. The lowest BCUT2D eigenvalue weighted by Crippen LogP contribution is -2.34. The van der Waals surface area contributed by atoms with Gasteiger partial charge in [-0.25, -0.2) is 0 Å². The van der Waals surface area contributed by atoms with Crippen LogP contribution in [0.3, 0.4) is 0 Å². The zero-order chi connectivity index (χ0) is 14.1. The van der Waals surface area contributed by atoms with Crippen molar-refractivity contribution in [3.8, 4) is 0 Å². The number of hydrogen-bond donors (Lipinski definition) is 0. The third-order valence-corrected chi connectivity index (χ3v) is 4.79. The first-order valence-electron chi connectivity index (χ1n) is 6.11. The molecule has 3 rings (SSSR count). The fraction of sp³-hybridized carbons (Fsp3) is 0.133. The monoisotopic (exact) mass is 323 g/mol. The van der Waals surface area contributed by atoms with Crippen molar-refractivity contribution in [2.75, 3.05) is 10.7 Å². The van der Waals surface area contributed by atoms with Crippen molar-refractivity contribution < 1.29 is 4.79 Å². The first kappa shape index (κ1) is 13.8. The van der Waals surface area contributed by atoms with Gasteiger partial charge >= 0.3 is 0 Å². The summed E-state index contributed by atoms with van der Waals surface area (Å²) in [5, 5.41) is 1.18. The number of anilines is 1. The van der Waals surface area contributed by atoms with Gasteiger partial charge in [0.25, 0.3) is 0 Å². The zero-order valence-corrected chi connectivity index (χ0v) is 12.8. The highest BCUT2D eigenvalue weighted by molar-refractivity contribution is 8.00. The fourth-order valence-electron chi connectivity index (χ4n) is 2.15. The molecular weight excluding hydrogens is 313 g/mol. The van der Waals surface area contributed by atoms with E-state index in [9.17, 15) is 4.79 Å². The van der Waals surface area contributed by atoms with Gasteiger partial charge in [0.2, 0.25) is 5.91 Å². The number of fused-ring (bicyclic) bond motifs is 1. The number of benzene rings is 2. The standard InChI is InChI=1S/C15H11Cl2NOS/c16-11-6-5-10(12(17)7-11)8-18-13-3-1-2-4-14(13)20-9-15(18)19/h1-7H,8-9H2. The van der Waals surface area contributed by atoms with Crippen LogP contribution in [0.15, 0.2) is 47.4 Å². The molecule has 5 heteroatoms. The van der Waals surface area contributed by atoms with E-state index in [0.717, 1.165) is 16.1 Å². The topological polar surface area (TPSA) is 20.3 Å². The molecule has 1 aliphatic rings. The number of carbonyl (C=O) groups excluding carboxylic acids is 1. The number of rotatable bonds is 2. The van der Waals surface area contributed by atoms with Crippen molar-refractivity contribution in [3.63, 3.8) is 0 Å². The Morgan fingerprint density at radius 3 is 2.75 bits per heavy atom. The van der Waals surface area contributed by atoms with Crippen molar-refractivity contribution in [1.82, 2.24) is 0 Å². The number of para-hydroxylation sites is 1. The van der Waals surface area contributed by atoms with Gasteiger partial charge in [-0.05, 0) is 29.8 Å². The normalized spacial score (nSPS) is 14.3. The predicted molar refractivity (Wildman–Crippen MR) is 84.8 cm³/mol. The van der Waals surface area contributed by atoms with E-state index < -0.39 is 0 Å². The molecule has 102 valence electrons. The summed E-state index contributed by atoms with van der Waals surface area (Å²) in [4.78, 5) is 15.1. The lowest BCUT2D eigenvalue weighted by atomic mass is 10.2. The first-order valence-corrected chi connectivity index (χ1v) is 7.85. The van der Waals surface area contributed by atoms with E-state index in [1.165, 1.54) is 0 Å². The van der Waals surface area contributed by atoms with Gasteiger partial charge < -0.3 is 4.90 Å². The molecule has 0 atom stereocenters. The summed E-state index contributed by atoms with van der Waals surface area (Å²) in [6, 6.07) is 13.3. The maximum Gasteiger partial charge on any atom is 0.237 e. The minimum Gasteiger partial charge on any atom is -0.306 e. The Morgan fingerprint density at radius 1 is 1.15 bits per heavy atom. The Bertz CT molecular complexity index is 675. The molecule has 1 aliphatic heterocycles. The third kappa shape index (κ3) is 2.66. The quantitative estimate of drug-likeness (QED) is 0.802. The van der Waals surface area contributed by atoms with E-state index in [0.29, 0.717) is 22.3 Å². The highest BCUT2D eigenvalue weighted by atomic mass is 35.5. The summed E-state index contributed by atoms with van der Waals surface area (Å²) >= 11 is 13.7. The lowest BCUT2D eigenvalue weighted by molar-refractivity contribution is -0.116. The van der Waals surface area contributed by atoms with Crippen LogP contribution in [0.4, 0.5) is 5.69 Å². The van der Waals surface area contributed by atoms with Gasteiger partial charge in [0, 0.05) is 14.9 Å². The van der Waals surface area contributed by atoms with Crippen LogP contribution < -0.4 is 4.90 Å². The number of hydrogen-bond acceptors (Lipinski definition) is 2. The molecule has 2 nitrogen and oxygen atoms in total. The Morgan fingerprint density at radius 2 is 1.95 bits per heavy atom. The van der Waals surface area contributed by atoms with Crippen LogP contribution in [0.5, 0.6) is 0 Å². The summed E-state index contributed by atoms with van der Waals surface area (Å²) in [7, 11) is 0. The van der Waals surface area contributed by atoms with Gasteiger partial charge in [-0.3, -0.25) is 4.79 Å². The largest absolute Gasteiger partial charge is 0.306 e. The van der Waals surface area contributed by atoms with Gasteiger partial charge in [0.05, 0.1) is 18.0 Å². The lowest BCUT2D eigenvalue weighted by Gasteiger charge is -2.29. The number of thioether (sulfide) groups is 1. The zero-order valence-electron chi connectivity index (χ0n) is 10.5. The van der Waals surface area contributed by atoms with E-state index in [1.54, 1.807) is 28.8 Å². The second-order valence-electron chi connectivity index (χ2n) is 4.47. The van der Waals surface area contributed by atoms with E-state index in [-0.39, 0.29) is 5.91 Å². The maximum atomic E-state index is 12.2. The smallest absolute Gasteiger partial charge is 0.237 e. The highest BCUT2D eigenvalue weighted by Gasteiger charge is 2.24. The summed E-state index contributed by atoms with van der Waals surface area (Å²) in [6.07, 6.45) is 0. The molecule has 2 aromatic carbocycles. The van der Waals surface area contributed by atoms with Crippen LogP contribution in [0.25, 0.3) is 0 Å². The number of nitrogens with zero attached hydrogens (tertiary/aromatic N) is 1. The van der Waals surface area contributed by atoms with E-state index in [4.69, 9.17) is 23.2 Å². The maximum absolute atomic E-state index is 12.2. The average Bonchev–Trinajstić information content (AvgIpc) is 2.44. The van der Waals surface area contributed by atoms with Gasteiger partial charge in [-0.2, -0.15) is 0 Å². The van der Waals surface area contributed by atoms with E-state index in [2.05, 4.69) is 0 Å². The Balaban J connectivity index is 1.95. The van der Waals surface area contributed by atoms with Crippen molar-refractivity contribution in [1.29, 1.82) is 0 Å². The Labute approximate surface area is 131 Å². The van der Waals surface area contributed by atoms with E-state index >= 15 is 0 Å². The second kappa shape index (κ2) is 5.68. The summed E-state index contributed by atoms with van der Waals surface area (Å²) < 4.78 is 0. The van der Waals surface area contributed by atoms with Crippen LogP contribution >= 0.6 is 35.0 Å². The van der Waals surface area contributed by atoms with Crippen molar-refractivity contribution in [2.24, 2.45) is 0 Å². The minimum atomic E-state index is 0.0970. The molecule has 0 radical (unpaired) electrons. The van der Waals surface area contributed by atoms with Crippen molar-refractivity contribution in [2.45, 2.75) is 11.4 Å². The molecule has 0 aromatic heterocycles. The molecule has 1 heterocycles. The number of carbonyl (C=O) groups is 1. The van der Waals surface area contributed by atoms with Crippen LogP contribution in [0, 0.1) is 0 Å². The Hall–Kier alpha value is -1.16. The molecule has 20 heavy (non-hydrogen) atoms. The van der Waals surface area contributed by atoms with Crippen LogP contribution in [0.1, 0.15) is 5.56 Å². The predicted octanol–water partition coefficient (Wildman–Crippen LogP) is 4.63. The molecule has 0 spiro atoms. The van der Waals surface area contributed by atoms with Crippen molar-refractivity contribution in [3.05, 3.63) is 58.1 Å². The summed E-state index contributed by atoms with van der Waals surface area (Å²) in [6.45, 7) is 0.465. The van der Waals surface area contributed by atoms with Gasteiger partial charge in [0.1, 0.15) is 0 Å². The van der Waals surface area contributed by atoms with Gasteiger partial charge in [-0.15, -0.1) is 11.8 Å². The summed E-state index contributed by atoms with van der Waals surface area (Å²) in [5.74, 6) is 0.557. The van der Waals surface area contributed by atoms with Crippen LogP contribution in [-0.2, 0) is 11.3 Å². The van der Waals surface area contributed by atoms with Crippen LogP contribution in [0.2, 0.25) is 10.0 Å². The molecule has 0 saturated carbocycles. The van der Waals surface area contributed by atoms with Gasteiger partial charge in [0.15, 0.2) is 0 Å². The average molecular weight is 324 g/mol. The molecule has 0 bridgehead atoms. The highest BCUT2D eigenvalue weighted by Crippen LogP contribution is 2.36. The Kier molecular flexibility index (Phi) is 3.92. The molecular formula is C15H11Cl2NOS. The fourth-order valence-corrected chi connectivity index (χ4v) is 3.55. The molecule has 0 N–H and O–H groups in total. The second-order valence-corrected chi connectivity index (χ2v) is 6.33. The van der Waals surface area contributed by atoms with Crippen LogP contribution in [-0.4, -0.2) is 11.7 Å². The first-order chi connectivity index (χ1) is 9.65.